The lowest BCUT2D eigenvalue weighted by atomic mass is 9.65. The number of rotatable bonds is 2. The quantitative estimate of drug-likeness (QED) is 0.872. The highest BCUT2D eigenvalue weighted by Crippen LogP contribution is 2.40. The zero-order valence-corrected chi connectivity index (χ0v) is 11.5. The highest BCUT2D eigenvalue weighted by atomic mass is 16.6. The lowest BCUT2D eigenvalue weighted by Gasteiger charge is -2.41. The van der Waals surface area contributed by atoms with Crippen molar-refractivity contribution in [1.29, 1.82) is 0 Å². The molecule has 2 rings (SSSR count). The van der Waals surface area contributed by atoms with Crippen molar-refractivity contribution in [2.24, 2.45) is 0 Å². The van der Waals surface area contributed by atoms with Crippen molar-refractivity contribution in [3.8, 4) is 0 Å². The summed E-state index contributed by atoms with van der Waals surface area (Å²) in [5, 5.41) is 2.86. The molecule has 0 bridgehead atoms. The third kappa shape index (κ3) is 2.66. The van der Waals surface area contributed by atoms with E-state index in [0.717, 1.165) is 6.42 Å². The first kappa shape index (κ1) is 12.9. The second-order valence-corrected chi connectivity index (χ2v) is 6.25. The minimum absolute atomic E-state index is 0.0491. The van der Waals surface area contributed by atoms with Crippen LogP contribution in [0.25, 0.3) is 0 Å². The standard InChI is InChI=1S/C15H21NO2/c1-14(2,3)18-13(17)16-10-15(4)9-11-7-5-6-8-12(11)15/h5-8H,9-10H2,1-4H3,(H,16,17). The second-order valence-electron chi connectivity index (χ2n) is 6.25. The summed E-state index contributed by atoms with van der Waals surface area (Å²) in [5.74, 6) is 0. The number of nitrogens with one attached hydrogen (secondary N) is 1. The smallest absolute Gasteiger partial charge is 0.407 e. The van der Waals surface area contributed by atoms with Crippen LogP contribution in [0.2, 0.25) is 0 Å². The summed E-state index contributed by atoms with van der Waals surface area (Å²) in [4.78, 5) is 11.6. The van der Waals surface area contributed by atoms with Gasteiger partial charge >= 0.3 is 6.09 Å². The minimum Gasteiger partial charge on any atom is -0.444 e. The number of hydrogen-bond donors (Lipinski definition) is 1. The summed E-state index contributed by atoms with van der Waals surface area (Å²) < 4.78 is 5.24. The maximum absolute atomic E-state index is 11.6. The molecule has 0 spiro atoms. The van der Waals surface area contributed by atoms with Gasteiger partial charge in [-0.1, -0.05) is 31.2 Å². The number of carbonyl (C=O) groups excluding carboxylic acids is 1. The second kappa shape index (κ2) is 4.30. The number of ether oxygens (including phenoxy) is 1. The van der Waals surface area contributed by atoms with E-state index in [4.69, 9.17) is 4.74 Å². The van der Waals surface area contributed by atoms with Gasteiger partial charge in [-0.3, -0.25) is 0 Å². The van der Waals surface area contributed by atoms with E-state index < -0.39 is 5.60 Å². The molecule has 3 heteroatoms. The minimum atomic E-state index is -0.442. The van der Waals surface area contributed by atoms with Gasteiger partial charge in [-0.25, -0.2) is 4.79 Å². The van der Waals surface area contributed by atoms with E-state index in [-0.39, 0.29) is 11.5 Å². The van der Waals surface area contributed by atoms with Crippen LogP contribution in [0, 0.1) is 0 Å². The molecule has 3 nitrogen and oxygen atoms in total. The Labute approximate surface area is 109 Å². The van der Waals surface area contributed by atoms with Gasteiger partial charge in [0, 0.05) is 12.0 Å². The monoisotopic (exact) mass is 247 g/mol. The highest BCUT2D eigenvalue weighted by molar-refractivity contribution is 5.68. The van der Waals surface area contributed by atoms with Crippen molar-refractivity contribution in [3.05, 3.63) is 35.4 Å². The Kier molecular flexibility index (Phi) is 3.09. The van der Waals surface area contributed by atoms with Crippen LogP contribution in [0.1, 0.15) is 38.8 Å². The molecule has 0 aliphatic heterocycles. The topological polar surface area (TPSA) is 38.3 Å². The van der Waals surface area contributed by atoms with Crippen LogP contribution < -0.4 is 5.32 Å². The predicted molar refractivity (Wildman–Crippen MR) is 71.7 cm³/mol. The first-order chi connectivity index (χ1) is 8.30. The first-order valence-corrected chi connectivity index (χ1v) is 6.35. The van der Waals surface area contributed by atoms with Crippen molar-refractivity contribution < 1.29 is 9.53 Å². The number of hydrogen-bond acceptors (Lipinski definition) is 2. The molecule has 0 aromatic heterocycles. The van der Waals surface area contributed by atoms with Gasteiger partial charge in [0.05, 0.1) is 0 Å². The number of alkyl carbamates (subject to hydrolysis) is 1. The maximum atomic E-state index is 11.6. The van der Waals surface area contributed by atoms with Crippen molar-refractivity contribution in [2.75, 3.05) is 6.54 Å². The van der Waals surface area contributed by atoms with E-state index in [1.807, 2.05) is 26.8 Å². The molecule has 0 saturated heterocycles. The first-order valence-electron chi connectivity index (χ1n) is 6.35. The highest BCUT2D eigenvalue weighted by Gasteiger charge is 2.38. The summed E-state index contributed by atoms with van der Waals surface area (Å²) in [5.41, 5.74) is 2.32. The van der Waals surface area contributed by atoms with Gasteiger partial charge in [0.1, 0.15) is 5.60 Å². The summed E-state index contributed by atoms with van der Waals surface area (Å²) in [7, 11) is 0. The summed E-state index contributed by atoms with van der Waals surface area (Å²) in [6.45, 7) is 8.40. The molecular weight excluding hydrogens is 226 g/mol. The van der Waals surface area contributed by atoms with Gasteiger partial charge < -0.3 is 10.1 Å². The van der Waals surface area contributed by atoms with Crippen LogP contribution in [0.3, 0.4) is 0 Å². The van der Waals surface area contributed by atoms with Crippen molar-refractivity contribution >= 4 is 6.09 Å². The Morgan fingerprint density at radius 3 is 2.67 bits per heavy atom. The van der Waals surface area contributed by atoms with Gasteiger partial charge in [-0.15, -0.1) is 0 Å². The van der Waals surface area contributed by atoms with Gasteiger partial charge in [0.25, 0.3) is 0 Å². The predicted octanol–water partition coefficient (Wildman–Crippen LogP) is 3.03. The van der Waals surface area contributed by atoms with Crippen LogP contribution in [0.15, 0.2) is 24.3 Å². The lowest BCUT2D eigenvalue weighted by molar-refractivity contribution is 0.0513. The molecule has 98 valence electrons. The molecular formula is C15H21NO2. The molecule has 1 unspecified atom stereocenters. The average molecular weight is 247 g/mol. The number of benzene rings is 1. The Morgan fingerprint density at radius 2 is 2.06 bits per heavy atom. The third-order valence-corrected chi connectivity index (χ3v) is 3.27. The Bertz CT molecular complexity index is 462. The van der Waals surface area contributed by atoms with Gasteiger partial charge in [-0.05, 0) is 38.3 Å². The largest absolute Gasteiger partial charge is 0.444 e. The maximum Gasteiger partial charge on any atom is 0.407 e. The van der Waals surface area contributed by atoms with Gasteiger partial charge in [-0.2, -0.15) is 0 Å². The van der Waals surface area contributed by atoms with Crippen molar-refractivity contribution in [1.82, 2.24) is 5.32 Å². The fraction of sp³-hybridized carbons (Fsp3) is 0.533. The van der Waals surface area contributed by atoms with Crippen LogP contribution in [0.5, 0.6) is 0 Å². The van der Waals surface area contributed by atoms with Crippen LogP contribution >= 0.6 is 0 Å². The third-order valence-electron chi connectivity index (χ3n) is 3.27. The molecule has 0 saturated carbocycles. The van der Waals surface area contributed by atoms with Crippen LogP contribution in [0.4, 0.5) is 4.79 Å². The SMILES string of the molecule is CC(C)(C)OC(=O)NCC1(C)Cc2ccccc21. The van der Waals surface area contributed by atoms with Crippen LogP contribution in [-0.2, 0) is 16.6 Å². The summed E-state index contributed by atoms with van der Waals surface area (Å²) in [6, 6.07) is 8.38. The van der Waals surface area contributed by atoms with Crippen LogP contribution in [-0.4, -0.2) is 18.2 Å². The summed E-state index contributed by atoms with van der Waals surface area (Å²) in [6.07, 6.45) is 0.673. The summed E-state index contributed by atoms with van der Waals surface area (Å²) >= 11 is 0. The molecule has 1 N–H and O–H groups in total. The van der Waals surface area contributed by atoms with E-state index >= 15 is 0 Å². The fourth-order valence-electron chi connectivity index (χ4n) is 2.41. The van der Waals surface area contributed by atoms with E-state index in [2.05, 4.69) is 30.4 Å². The average Bonchev–Trinajstić information content (AvgIpc) is 2.23. The Balaban J connectivity index is 1.91. The molecule has 0 fully saturated rings. The lowest BCUT2D eigenvalue weighted by Crippen LogP contribution is -2.47. The number of fused-ring (bicyclic) bond motifs is 1. The molecule has 0 radical (unpaired) electrons. The zero-order chi connectivity index (χ0) is 13.4. The van der Waals surface area contributed by atoms with E-state index in [1.165, 1.54) is 11.1 Å². The molecule has 1 atom stereocenters. The van der Waals surface area contributed by atoms with Gasteiger partial charge in [0.2, 0.25) is 0 Å². The Hall–Kier alpha value is -1.51. The van der Waals surface area contributed by atoms with E-state index in [9.17, 15) is 4.79 Å². The molecule has 1 aromatic carbocycles. The Morgan fingerprint density at radius 1 is 1.39 bits per heavy atom. The molecule has 1 aromatic rings. The molecule has 0 heterocycles. The van der Waals surface area contributed by atoms with E-state index in [1.54, 1.807) is 0 Å². The fourth-order valence-corrected chi connectivity index (χ4v) is 2.41. The van der Waals surface area contributed by atoms with Crippen molar-refractivity contribution in [3.63, 3.8) is 0 Å². The molecule has 1 aliphatic rings. The van der Waals surface area contributed by atoms with Crippen molar-refractivity contribution in [2.45, 2.75) is 45.1 Å². The zero-order valence-electron chi connectivity index (χ0n) is 11.5. The number of amides is 1. The molecule has 18 heavy (non-hydrogen) atoms. The van der Waals surface area contributed by atoms with E-state index in [0.29, 0.717) is 6.54 Å². The van der Waals surface area contributed by atoms with Gasteiger partial charge in [0.15, 0.2) is 0 Å². The molecule has 1 amide bonds. The molecule has 1 aliphatic carbocycles. The normalized spacial score (nSPS) is 21.8. The number of carbonyl (C=O) groups is 1.